The van der Waals surface area contributed by atoms with Crippen molar-refractivity contribution in [1.82, 2.24) is 4.31 Å². The zero-order valence-electron chi connectivity index (χ0n) is 14.8. The monoisotopic (exact) mass is 359 g/mol. The smallest absolute Gasteiger partial charge is 0.219 e. The molecule has 1 unspecified atom stereocenters. The first-order valence-electron chi connectivity index (χ1n) is 8.56. The van der Waals surface area contributed by atoms with E-state index in [1.807, 2.05) is 74.5 Å². The standard InChI is InChI=1S/C20H25NO3S/c1-20(2)16-24-14-19(13-17-9-5-3-6-10-17)21(20)25(22,23)15-18-11-7-4-8-12-18/h3-12,19H,13-16H2,1-2H3. The van der Waals surface area contributed by atoms with Crippen LogP contribution in [0.25, 0.3) is 0 Å². The van der Waals surface area contributed by atoms with Gasteiger partial charge in [-0.05, 0) is 31.4 Å². The Morgan fingerprint density at radius 2 is 1.56 bits per heavy atom. The number of nitrogens with zero attached hydrogens (tertiary/aromatic N) is 1. The van der Waals surface area contributed by atoms with Crippen LogP contribution >= 0.6 is 0 Å². The van der Waals surface area contributed by atoms with Crippen LogP contribution in [0.5, 0.6) is 0 Å². The average molecular weight is 359 g/mol. The molecule has 0 spiro atoms. The fourth-order valence-electron chi connectivity index (χ4n) is 3.56. The van der Waals surface area contributed by atoms with Crippen LogP contribution in [-0.2, 0) is 26.9 Å². The summed E-state index contributed by atoms with van der Waals surface area (Å²) >= 11 is 0. The first kappa shape index (κ1) is 18.1. The molecule has 0 aliphatic carbocycles. The van der Waals surface area contributed by atoms with Crippen LogP contribution in [0.15, 0.2) is 60.7 Å². The highest BCUT2D eigenvalue weighted by Crippen LogP contribution is 2.30. The Hall–Kier alpha value is -1.69. The van der Waals surface area contributed by atoms with E-state index >= 15 is 0 Å². The molecule has 5 heteroatoms. The fourth-order valence-corrected chi connectivity index (χ4v) is 5.70. The van der Waals surface area contributed by atoms with Crippen molar-refractivity contribution in [1.29, 1.82) is 0 Å². The van der Waals surface area contributed by atoms with Crippen molar-refractivity contribution in [3.63, 3.8) is 0 Å². The summed E-state index contributed by atoms with van der Waals surface area (Å²) in [4.78, 5) is 0. The molecule has 1 aliphatic heterocycles. The Morgan fingerprint density at radius 1 is 1.00 bits per heavy atom. The van der Waals surface area contributed by atoms with E-state index < -0.39 is 15.6 Å². The minimum Gasteiger partial charge on any atom is -0.378 e. The highest BCUT2D eigenvalue weighted by atomic mass is 32.2. The molecule has 0 bridgehead atoms. The lowest BCUT2D eigenvalue weighted by Gasteiger charge is -2.46. The van der Waals surface area contributed by atoms with Gasteiger partial charge in [0.1, 0.15) is 0 Å². The summed E-state index contributed by atoms with van der Waals surface area (Å²) in [6, 6.07) is 19.1. The lowest BCUT2D eigenvalue weighted by Crippen LogP contribution is -2.61. The summed E-state index contributed by atoms with van der Waals surface area (Å²) in [5, 5.41) is 0. The van der Waals surface area contributed by atoms with E-state index in [2.05, 4.69) is 0 Å². The summed E-state index contributed by atoms with van der Waals surface area (Å²) < 4.78 is 33.9. The molecule has 0 amide bonds. The van der Waals surface area contributed by atoms with Crippen LogP contribution in [0, 0.1) is 0 Å². The second-order valence-corrected chi connectivity index (χ2v) is 9.05. The number of hydrogen-bond acceptors (Lipinski definition) is 3. The van der Waals surface area contributed by atoms with Gasteiger partial charge in [-0.2, -0.15) is 4.31 Å². The van der Waals surface area contributed by atoms with Crippen molar-refractivity contribution >= 4 is 10.0 Å². The minimum atomic E-state index is -3.46. The molecule has 1 saturated heterocycles. The maximum atomic E-state index is 13.2. The van der Waals surface area contributed by atoms with Crippen molar-refractivity contribution < 1.29 is 13.2 Å². The largest absolute Gasteiger partial charge is 0.378 e. The van der Waals surface area contributed by atoms with Gasteiger partial charge in [-0.15, -0.1) is 0 Å². The molecule has 0 saturated carbocycles. The Bertz CT molecular complexity index is 788. The molecular formula is C20H25NO3S. The first-order valence-corrected chi connectivity index (χ1v) is 10.2. The molecule has 1 fully saturated rings. The maximum Gasteiger partial charge on any atom is 0.219 e. The second-order valence-electron chi connectivity index (χ2n) is 7.21. The fraction of sp³-hybridized carbons (Fsp3) is 0.400. The summed E-state index contributed by atoms with van der Waals surface area (Å²) in [6.45, 7) is 4.71. The van der Waals surface area contributed by atoms with Crippen molar-refractivity contribution in [2.24, 2.45) is 0 Å². The van der Waals surface area contributed by atoms with Gasteiger partial charge in [0, 0.05) is 0 Å². The summed E-state index contributed by atoms with van der Waals surface area (Å²) in [5.41, 5.74) is 1.36. The zero-order chi connectivity index (χ0) is 17.9. The highest BCUT2D eigenvalue weighted by Gasteiger charge is 2.44. The van der Waals surface area contributed by atoms with Crippen molar-refractivity contribution in [2.45, 2.75) is 37.6 Å². The summed E-state index contributed by atoms with van der Waals surface area (Å²) in [5.74, 6) is 0.0164. The molecule has 25 heavy (non-hydrogen) atoms. The molecule has 3 rings (SSSR count). The molecule has 1 aliphatic rings. The van der Waals surface area contributed by atoms with Crippen LogP contribution < -0.4 is 0 Å². The van der Waals surface area contributed by atoms with Gasteiger partial charge < -0.3 is 4.74 Å². The number of sulfonamides is 1. The third-order valence-corrected chi connectivity index (χ3v) is 6.59. The SMILES string of the molecule is CC1(C)COCC(Cc2ccccc2)N1S(=O)(=O)Cc1ccccc1. The molecule has 4 nitrogen and oxygen atoms in total. The molecule has 1 atom stereocenters. The molecule has 0 aromatic heterocycles. The van der Waals surface area contributed by atoms with E-state index in [4.69, 9.17) is 4.74 Å². The molecule has 0 N–H and O–H groups in total. The number of ether oxygens (including phenoxy) is 1. The number of hydrogen-bond donors (Lipinski definition) is 0. The lowest BCUT2D eigenvalue weighted by atomic mass is 9.99. The van der Waals surface area contributed by atoms with Gasteiger partial charge in [-0.3, -0.25) is 0 Å². The van der Waals surface area contributed by atoms with Crippen LogP contribution in [-0.4, -0.2) is 37.5 Å². The Kier molecular flexibility index (Phi) is 5.27. The molecule has 0 radical (unpaired) electrons. The van der Waals surface area contributed by atoms with E-state index in [1.54, 1.807) is 4.31 Å². The Labute approximate surface area is 150 Å². The lowest BCUT2D eigenvalue weighted by molar-refractivity contribution is -0.0439. The average Bonchev–Trinajstić information content (AvgIpc) is 2.55. The van der Waals surface area contributed by atoms with Gasteiger partial charge in [-0.1, -0.05) is 60.7 Å². The molecule has 2 aromatic carbocycles. The van der Waals surface area contributed by atoms with Gasteiger partial charge in [-0.25, -0.2) is 8.42 Å². The number of benzene rings is 2. The van der Waals surface area contributed by atoms with E-state index in [0.29, 0.717) is 19.6 Å². The normalized spacial score (nSPS) is 21.1. The summed E-state index contributed by atoms with van der Waals surface area (Å²) in [6.07, 6.45) is 0.651. The molecule has 134 valence electrons. The third kappa shape index (κ3) is 4.29. The van der Waals surface area contributed by atoms with E-state index in [9.17, 15) is 8.42 Å². The van der Waals surface area contributed by atoms with E-state index in [0.717, 1.165) is 11.1 Å². The van der Waals surface area contributed by atoms with Crippen LogP contribution in [0.2, 0.25) is 0 Å². The first-order chi connectivity index (χ1) is 11.9. The number of rotatable bonds is 5. The third-order valence-electron chi connectivity index (χ3n) is 4.50. The van der Waals surface area contributed by atoms with Gasteiger partial charge in [0.25, 0.3) is 0 Å². The molecule has 1 heterocycles. The maximum absolute atomic E-state index is 13.2. The zero-order valence-corrected chi connectivity index (χ0v) is 15.6. The van der Waals surface area contributed by atoms with Crippen LogP contribution in [0.1, 0.15) is 25.0 Å². The van der Waals surface area contributed by atoms with Gasteiger partial charge in [0.05, 0.1) is 30.5 Å². The Balaban J connectivity index is 1.89. The van der Waals surface area contributed by atoms with Gasteiger partial charge in [0.15, 0.2) is 0 Å². The Morgan fingerprint density at radius 3 is 2.16 bits per heavy atom. The highest BCUT2D eigenvalue weighted by molar-refractivity contribution is 7.88. The van der Waals surface area contributed by atoms with Crippen LogP contribution in [0.4, 0.5) is 0 Å². The van der Waals surface area contributed by atoms with Crippen molar-refractivity contribution in [2.75, 3.05) is 13.2 Å². The van der Waals surface area contributed by atoms with Crippen LogP contribution in [0.3, 0.4) is 0 Å². The number of morpholine rings is 1. The molecule has 2 aromatic rings. The van der Waals surface area contributed by atoms with E-state index in [1.165, 1.54) is 0 Å². The molecular weight excluding hydrogens is 334 g/mol. The predicted molar refractivity (Wildman–Crippen MR) is 99.7 cm³/mol. The predicted octanol–water partition coefficient (Wildman–Crippen LogP) is 3.24. The summed E-state index contributed by atoms with van der Waals surface area (Å²) in [7, 11) is -3.46. The quantitative estimate of drug-likeness (QED) is 0.823. The van der Waals surface area contributed by atoms with Crippen molar-refractivity contribution in [3.05, 3.63) is 71.8 Å². The van der Waals surface area contributed by atoms with Crippen molar-refractivity contribution in [3.8, 4) is 0 Å². The van der Waals surface area contributed by atoms with Gasteiger partial charge in [0.2, 0.25) is 10.0 Å². The van der Waals surface area contributed by atoms with E-state index in [-0.39, 0.29) is 11.8 Å². The minimum absolute atomic E-state index is 0.0164. The topological polar surface area (TPSA) is 46.6 Å². The van der Waals surface area contributed by atoms with Gasteiger partial charge >= 0.3 is 0 Å². The second kappa shape index (κ2) is 7.28.